The largest absolute Gasteiger partial charge is 0.549 e. The summed E-state index contributed by atoms with van der Waals surface area (Å²) in [6.07, 6.45) is 7.51. The molecule has 3 rings (SSSR count). The first-order chi connectivity index (χ1) is 11.7. The highest BCUT2D eigenvalue weighted by atomic mass is 32.2. The SMILES string of the molecule is O=C([O-])CSc1nnc(C2CCCCC2)n1/N=C\c1ccccc1. The minimum atomic E-state index is -1.12. The summed E-state index contributed by atoms with van der Waals surface area (Å²) in [6.45, 7) is 0. The fraction of sp³-hybridized carbons (Fsp3) is 0.412. The number of aromatic nitrogens is 3. The fourth-order valence-corrected chi connectivity index (χ4v) is 3.49. The van der Waals surface area contributed by atoms with Crippen LogP contribution in [-0.2, 0) is 4.79 Å². The third-order valence-corrected chi connectivity index (χ3v) is 4.94. The van der Waals surface area contributed by atoms with Crippen LogP contribution in [0.3, 0.4) is 0 Å². The number of carbonyl (C=O) groups excluding carboxylic acids is 1. The summed E-state index contributed by atoms with van der Waals surface area (Å²) in [4.78, 5) is 10.7. The topological polar surface area (TPSA) is 83.2 Å². The fourth-order valence-electron chi connectivity index (χ4n) is 2.88. The van der Waals surface area contributed by atoms with E-state index in [0.717, 1.165) is 36.0 Å². The lowest BCUT2D eigenvalue weighted by Crippen LogP contribution is -2.24. The van der Waals surface area contributed by atoms with Crippen LogP contribution < -0.4 is 5.11 Å². The Kier molecular flexibility index (Phi) is 5.63. The van der Waals surface area contributed by atoms with Crippen LogP contribution in [0.5, 0.6) is 0 Å². The summed E-state index contributed by atoms with van der Waals surface area (Å²) < 4.78 is 1.69. The number of carbonyl (C=O) groups is 1. The van der Waals surface area contributed by atoms with E-state index in [-0.39, 0.29) is 5.75 Å². The maximum Gasteiger partial charge on any atom is 0.212 e. The van der Waals surface area contributed by atoms with Crippen molar-refractivity contribution in [3.05, 3.63) is 41.7 Å². The molecule has 1 aromatic carbocycles. The van der Waals surface area contributed by atoms with Crippen LogP contribution in [0.15, 0.2) is 40.6 Å². The molecule has 2 aromatic rings. The van der Waals surface area contributed by atoms with Crippen molar-refractivity contribution in [1.29, 1.82) is 0 Å². The maximum absolute atomic E-state index is 10.7. The number of benzene rings is 1. The molecule has 0 aliphatic heterocycles. The lowest BCUT2D eigenvalue weighted by atomic mass is 9.89. The smallest absolute Gasteiger partial charge is 0.212 e. The zero-order valence-corrected chi connectivity index (χ0v) is 14.1. The minimum Gasteiger partial charge on any atom is -0.549 e. The summed E-state index contributed by atoms with van der Waals surface area (Å²) in [5.74, 6) is -0.135. The predicted molar refractivity (Wildman–Crippen MR) is 91.0 cm³/mol. The molecule has 1 saturated carbocycles. The van der Waals surface area contributed by atoms with Crippen molar-refractivity contribution in [1.82, 2.24) is 14.9 Å². The monoisotopic (exact) mass is 343 g/mol. The maximum atomic E-state index is 10.7. The Morgan fingerprint density at radius 2 is 2.00 bits per heavy atom. The quantitative estimate of drug-likeness (QED) is 0.592. The number of carboxylic acids is 1. The Morgan fingerprint density at radius 3 is 2.71 bits per heavy atom. The number of hydrogen-bond donors (Lipinski definition) is 0. The first-order valence-corrected chi connectivity index (χ1v) is 9.10. The Balaban J connectivity index is 1.88. The molecule has 0 unspecified atom stereocenters. The molecule has 0 N–H and O–H groups in total. The van der Waals surface area contributed by atoms with Crippen molar-refractivity contribution >= 4 is 23.9 Å². The molecule has 1 fully saturated rings. The van der Waals surface area contributed by atoms with E-state index in [1.165, 1.54) is 19.3 Å². The van der Waals surface area contributed by atoms with Crippen molar-refractivity contribution in [3.63, 3.8) is 0 Å². The average Bonchev–Trinajstić information content (AvgIpc) is 3.02. The summed E-state index contributed by atoms with van der Waals surface area (Å²) in [5.41, 5.74) is 0.969. The van der Waals surface area contributed by atoms with Crippen molar-refractivity contribution in [2.45, 2.75) is 43.2 Å². The van der Waals surface area contributed by atoms with E-state index in [9.17, 15) is 9.90 Å². The molecule has 0 amide bonds. The lowest BCUT2D eigenvalue weighted by molar-refractivity contribution is -0.301. The molecule has 7 heteroatoms. The standard InChI is InChI=1S/C17H20N4O2S/c22-15(23)12-24-17-20-19-16(14-9-5-2-6-10-14)21(17)18-11-13-7-3-1-4-8-13/h1,3-4,7-8,11,14H,2,5-6,9-10,12H2,(H,22,23)/p-1/b18-11-. The average molecular weight is 343 g/mol. The molecule has 1 aliphatic rings. The summed E-state index contributed by atoms with van der Waals surface area (Å²) in [7, 11) is 0. The molecule has 24 heavy (non-hydrogen) atoms. The normalized spacial score (nSPS) is 15.8. The number of thioether (sulfide) groups is 1. The second-order valence-electron chi connectivity index (χ2n) is 5.80. The molecule has 1 aromatic heterocycles. The second kappa shape index (κ2) is 8.10. The number of carboxylic acid groups (broad SMARTS) is 1. The molecule has 0 saturated heterocycles. The van der Waals surface area contributed by atoms with Gasteiger partial charge >= 0.3 is 0 Å². The van der Waals surface area contributed by atoms with Crippen LogP contribution in [0.1, 0.15) is 49.4 Å². The Morgan fingerprint density at radius 1 is 1.25 bits per heavy atom. The van der Waals surface area contributed by atoms with Crippen LogP contribution in [0.25, 0.3) is 0 Å². The van der Waals surface area contributed by atoms with Gasteiger partial charge in [-0.2, -0.15) is 9.78 Å². The number of hydrogen-bond acceptors (Lipinski definition) is 6. The molecule has 0 spiro atoms. The first kappa shape index (κ1) is 16.7. The van der Waals surface area contributed by atoms with Gasteiger partial charge in [-0.05, 0) is 18.4 Å². The highest BCUT2D eigenvalue weighted by Gasteiger charge is 2.23. The van der Waals surface area contributed by atoms with Gasteiger partial charge in [-0.25, -0.2) is 0 Å². The van der Waals surface area contributed by atoms with E-state index in [0.29, 0.717) is 11.1 Å². The van der Waals surface area contributed by atoms with Gasteiger partial charge in [0.05, 0.1) is 12.2 Å². The summed E-state index contributed by atoms with van der Waals surface area (Å²) >= 11 is 1.09. The third-order valence-electron chi connectivity index (χ3n) is 4.05. The van der Waals surface area contributed by atoms with E-state index in [2.05, 4.69) is 15.3 Å². The van der Waals surface area contributed by atoms with Crippen molar-refractivity contribution in [3.8, 4) is 0 Å². The number of rotatable bonds is 6. The number of nitrogens with zero attached hydrogens (tertiary/aromatic N) is 4. The predicted octanol–water partition coefficient (Wildman–Crippen LogP) is 2.05. The molecule has 126 valence electrons. The summed E-state index contributed by atoms with van der Waals surface area (Å²) in [6, 6.07) is 9.76. The molecule has 6 nitrogen and oxygen atoms in total. The molecule has 1 heterocycles. The Bertz CT molecular complexity index is 709. The van der Waals surface area contributed by atoms with Crippen molar-refractivity contribution in [2.24, 2.45) is 5.10 Å². The van der Waals surface area contributed by atoms with Gasteiger partial charge in [0.2, 0.25) is 5.16 Å². The Hall–Kier alpha value is -2.15. The zero-order valence-electron chi connectivity index (χ0n) is 13.3. The molecule has 0 radical (unpaired) electrons. The first-order valence-electron chi connectivity index (χ1n) is 8.11. The summed E-state index contributed by atoms with van der Waals surface area (Å²) in [5, 5.41) is 24.2. The molecule has 0 atom stereocenters. The van der Waals surface area contributed by atoms with E-state index in [1.807, 2.05) is 30.3 Å². The van der Waals surface area contributed by atoms with E-state index in [1.54, 1.807) is 10.9 Å². The molecular formula is C17H19N4O2S-. The van der Waals surface area contributed by atoms with E-state index < -0.39 is 5.97 Å². The molecular weight excluding hydrogens is 324 g/mol. The lowest BCUT2D eigenvalue weighted by Gasteiger charge is -2.20. The van der Waals surface area contributed by atoms with Gasteiger partial charge in [0.15, 0.2) is 5.82 Å². The highest BCUT2D eigenvalue weighted by molar-refractivity contribution is 7.99. The van der Waals surface area contributed by atoms with Crippen LogP contribution >= 0.6 is 11.8 Å². The minimum absolute atomic E-state index is 0.163. The highest BCUT2D eigenvalue weighted by Crippen LogP contribution is 2.33. The van der Waals surface area contributed by atoms with Crippen LogP contribution in [0.4, 0.5) is 0 Å². The van der Waals surface area contributed by atoms with Gasteiger partial charge in [-0.1, -0.05) is 61.4 Å². The van der Waals surface area contributed by atoms with Crippen LogP contribution in [0, 0.1) is 0 Å². The van der Waals surface area contributed by atoms with E-state index >= 15 is 0 Å². The Labute approximate surface area is 145 Å². The van der Waals surface area contributed by atoms with Gasteiger partial charge in [-0.15, -0.1) is 10.2 Å². The van der Waals surface area contributed by atoms with Gasteiger partial charge in [0.1, 0.15) is 0 Å². The molecule has 0 bridgehead atoms. The van der Waals surface area contributed by atoms with Gasteiger partial charge in [0, 0.05) is 11.7 Å². The van der Waals surface area contributed by atoms with Crippen LogP contribution in [-0.4, -0.2) is 32.8 Å². The third kappa shape index (κ3) is 4.23. The molecule has 1 aliphatic carbocycles. The van der Waals surface area contributed by atoms with Gasteiger partial charge in [-0.3, -0.25) is 0 Å². The van der Waals surface area contributed by atoms with Crippen molar-refractivity contribution in [2.75, 3.05) is 5.75 Å². The zero-order chi connectivity index (χ0) is 16.8. The van der Waals surface area contributed by atoms with E-state index in [4.69, 9.17) is 0 Å². The van der Waals surface area contributed by atoms with Gasteiger partial charge < -0.3 is 9.90 Å². The van der Waals surface area contributed by atoms with Gasteiger partial charge in [0.25, 0.3) is 0 Å². The number of aliphatic carboxylic acids is 1. The van der Waals surface area contributed by atoms with Crippen LogP contribution in [0.2, 0.25) is 0 Å². The second-order valence-corrected chi connectivity index (χ2v) is 6.75. The van der Waals surface area contributed by atoms with Crippen molar-refractivity contribution < 1.29 is 9.90 Å².